The van der Waals surface area contributed by atoms with Crippen LogP contribution in [0.5, 0.6) is 0 Å². The largest absolute Gasteiger partial charge is 0.382 e. The van der Waals surface area contributed by atoms with Crippen molar-refractivity contribution in [3.8, 4) is 0 Å². The Morgan fingerprint density at radius 3 is 3.06 bits per heavy atom. The summed E-state index contributed by atoms with van der Waals surface area (Å²) in [6.07, 6.45) is 1.66. The topological polar surface area (TPSA) is 72.9 Å². The first-order valence-electron chi connectivity index (χ1n) is 5.36. The van der Waals surface area contributed by atoms with Crippen LogP contribution < -0.4 is 16.6 Å². The van der Waals surface area contributed by atoms with Crippen LogP contribution in [0, 0.1) is 0 Å². The maximum absolute atomic E-state index is 11.6. The molecule has 0 saturated heterocycles. The van der Waals surface area contributed by atoms with Crippen molar-refractivity contribution in [1.29, 1.82) is 0 Å². The number of hydrogen-bond donors (Lipinski definition) is 2. The molecule has 0 amide bonds. The molecule has 0 radical (unpaired) electrons. The van der Waals surface area contributed by atoms with Gasteiger partial charge in [0.05, 0.1) is 18.4 Å². The molecule has 0 aliphatic carbocycles. The first-order chi connectivity index (χ1) is 7.77. The SMILES string of the molecule is CCSCCn1ncc(NCCN)cc1=O. The van der Waals surface area contributed by atoms with Crippen LogP contribution in [-0.2, 0) is 6.54 Å². The third-order valence-corrected chi connectivity index (χ3v) is 2.87. The Balaban J connectivity index is 2.57. The Labute approximate surface area is 99.4 Å². The third kappa shape index (κ3) is 4.24. The number of nitrogens with zero attached hydrogens (tertiary/aromatic N) is 2. The predicted molar refractivity (Wildman–Crippen MR) is 69.0 cm³/mol. The number of nitrogens with two attached hydrogens (primary N) is 1. The second-order valence-corrected chi connectivity index (χ2v) is 4.61. The lowest BCUT2D eigenvalue weighted by molar-refractivity contribution is 0.622. The standard InChI is InChI=1S/C10H18N4OS/c1-2-16-6-5-14-10(15)7-9(8-13-14)12-4-3-11/h7-8,12H,2-6,11H2,1H3. The highest BCUT2D eigenvalue weighted by Gasteiger charge is 1.99. The Hall–Kier alpha value is -1.01. The Bertz CT molecular complexity index is 366. The summed E-state index contributed by atoms with van der Waals surface area (Å²) in [6, 6.07) is 1.55. The molecule has 3 N–H and O–H groups in total. The van der Waals surface area contributed by atoms with Crippen LogP contribution in [0.4, 0.5) is 5.69 Å². The van der Waals surface area contributed by atoms with E-state index < -0.39 is 0 Å². The minimum absolute atomic E-state index is 0.0706. The maximum Gasteiger partial charge on any atom is 0.268 e. The molecule has 1 aromatic rings. The van der Waals surface area contributed by atoms with Gasteiger partial charge in [-0.05, 0) is 5.75 Å². The summed E-state index contributed by atoms with van der Waals surface area (Å²) in [5.74, 6) is 1.98. The molecule has 5 nitrogen and oxygen atoms in total. The summed E-state index contributed by atoms with van der Waals surface area (Å²) in [4.78, 5) is 11.6. The van der Waals surface area contributed by atoms with Crippen molar-refractivity contribution in [3.63, 3.8) is 0 Å². The molecule has 0 spiro atoms. The molecule has 90 valence electrons. The first kappa shape index (κ1) is 13.1. The van der Waals surface area contributed by atoms with Gasteiger partial charge in [0, 0.05) is 24.9 Å². The maximum atomic E-state index is 11.6. The van der Waals surface area contributed by atoms with E-state index in [-0.39, 0.29) is 5.56 Å². The van der Waals surface area contributed by atoms with Gasteiger partial charge in [0.2, 0.25) is 0 Å². The molecule has 0 aromatic carbocycles. The van der Waals surface area contributed by atoms with Crippen LogP contribution in [0.25, 0.3) is 0 Å². The van der Waals surface area contributed by atoms with E-state index in [4.69, 9.17) is 5.73 Å². The highest BCUT2D eigenvalue weighted by Crippen LogP contribution is 2.00. The van der Waals surface area contributed by atoms with Gasteiger partial charge < -0.3 is 11.1 Å². The van der Waals surface area contributed by atoms with Gasteiger partial charge in [0.25, 0.3) is 5.56 Å². The van der Waals surface area contributed by atoms with Crippen LogP contribution >= 0.6 is 11.8 Å². The number of nitrogens with one attached hydrogen (secondary N) is 1. The summed E-state index contributed by atoms with van der Waals surface area (Å²) in [5, 5.41) is 7.11. The van der Waals surface area contributed by atoms with Gasteiger partial charge in [-0.1, -0.05) is 6.92 Å². The molecular weight excluding hydrogens is 224 g/mol. The van der Waals surface area contributed by atoms with Gasteiger partial charge in [0.1, 0.15) is 0 Å². The smallest absolute Gasteiger partial charge is 0.268 e. The zero-order valence-electron chi connectivity index (χ0n) is 9.48. The van der Waals surface area contributed by atoms with E-state index in [1.165, 1.54) is 4.68 Å². The number of thioether (sulfide) groups is 1. The van der Waals surface area contributed by atoms with E-state index in [2.05, 4.69) is 17.3 Å². The summed E-state index contributed by atoms with van der Waals surface area (Å²) in [6.45, 7) is 3.95. The van der Waals surface area contributed by atoms with Crippen LogP contribution in [-0.4, -0.2) is 34.4 Å². The van der Waals surface area contributed by atoms with Crippen LogP contribution in [0.15, 0.2) is 17.1 Å². The van der Waals surface area contributed by atoms with Crippen molar-refractivity contribution in [2.45, 2.75) is 13.5 Å². The molecule has 0 atom stereocenters. The molecule has 16 heavy (non-hydrogen) atoms. The van der Waals surface area contributed by atoms with Crippen molar-refractivity contribution in [2.75, 3.05) is 29.9 Å². The third-order valence-electron chi connectivity index (χ3n) is 1.99. The number of aromatic nitrogens is 2. The van der Waals surface area contributed by atoms with Crippen LogP contribution in [0.3, 0.4) is 0 Å². The number of anilines is 1. The van der Waals surface area contributed by atoms with Crippen molar-refractivity contribution >= 4 is 17.4 Å². The normalized spacial score (nSPS) is 10.4. The fourth-order valence-electron chi connectivity index (χ4n) is 1.21. The van der Waals surface area contributed by atoms with Crippen LogP contribution in [0.1, 0.15) is 6.92 Å². The second kappa shape index (κ2) is 7.29. The quantitative estimate of drug-likeness (QED) is 0.676. The monoisotopic (exact) mass is 242 g/mol. The molecule has 0 saturated carbocycles. The van der Waals surface area contributed by atoms with E-state index in [9.17, 15) is 4.79 Å². The number of hydrogen-bond acceptors (Lipinski definition) is 5. The lowest BCUT2D eigenvalue weighted by Gasteiger charge is -2.06. The Kier molecular flexibility index (Phi) is 5.95. The molecule has 0 unspecified atom stereocenters. The van der Waals surface area contributed by atoms with Gasteiger partial charge >= 0.3 is 0 Å². The van der Waals surface area contributed by atoms with E-state index in [0.717, 1.165) is 17.2 Å². The molecule has 0 aliphatic heterocycles. The minimum Gasteiger partial charge on any atom is -0.382 e. The lowest BCUT2D eigenvalue weighted by atomic mass is 10.4. The first-order valence-corrected chi connectivity index (χ1v) is 6.52. The lowest BCUT2D eigenvalue weighted by Crippen LogP contribution is -2.24. The zero-order chi connectivity index (χ0) is 11.8. The summed E-state index contributed by atoms with van der Waals surface area (Å²) in [5.41, 5.74) is 6.02. The van der Waals surface area contributed by atoms with Crippen molar-refractivity contribution in [1.82, 2.24) is 9.78 Å². The highest BCUT2D eigenvalue weighted by molar-refractivity contribution is 7.99. The summed E-state index contributed by atoms with van der Waals surface area (Å²) in [7, 11) is 0. The van der Waals surface area contributed by atoms with Crippen LogP contribution in [0.2, 0.25) is 0 Å². The molecule has 6 heteroatoms. The van der Waals surface area contributed by atoms with Crippen molar-refractivity contribution in [2.24, 2.45) is 5.73 Å². The van der Waals surface area contributed by atoms with Gasteiger partial charge in [-0.15, -0.1) is 0 Å². The van der Waals surface area contributed by atoms with Crippen molar-refractivity contribution < 1.29 is 0 Å². The predicted octanol–water partition coefficient (Wildman–Crippen LogP) is 0.367. The zero-order valence-corrected chi connectivity index (χ0v) is 10.3. The molecule has 1 rings (SSSR count). The van der Waals surface area contributed by atoms with Crippen molar-refractivity contribution in [3.05, 3.63) is 22.6 Å². The molecule has 0 bridgehead atoms. The highest BCUT2D eigenvalue weighted by atomic mass is 32.2. The second-order valence-electron chi connectivity index (χ2n) is 3.22. The molecule has 1 aromatic heterocycles. The average molecular weight is 242 g/mol. The van der Waals surface area contributed by atoms with E-state index >= 15 is 0 Å². The molecular formula is C10H18N4OS. The van der Waals surface area contributed by atoms with E-state index in [1.54, 1.807) is 24.0 Å². The molecule has 0 aliphatic rings. The minimum atomic E-state index is -0.0706. The number of aryl methyl sites for hydroxylation is 1. The molecule has 0 fully saturated rings. The van der Waals surface area contributed by atoms with Gasteiger partial charge in [0.15, 0.2) is 0 Å². The number of rotatable bonds is 7. The van der Waals surface area contributed by atoms with Gasteiger partial charge in [-0.25, -0.2) is 4.68 Å². The summed E-state index contributed by atoms with van der Waals surface area (Å²) >= 11 is 1.80. The molecule has 1 heterocycles. The van der Waals surface area contributed by atoms with E-state index in [1.807, 2.05) is 0 Å². The average Bonchev–Trinajstić information content (AvgIpc) is 2.29. The fourth-order valence-corrected chi connectivity index (χ4v) is 1.80. The van der Waals surface area contributed by atoms with Gasteiger partial charge in [-0.2, -0.15) is 16.9 Å². The Morgan fingerprint density at radius 1 is 1.62 bits per heavy atom. The van der Waals surface area contributed by atoms with E-state index in [0.29, 0.717) is 19.6 Å². The fraction of sp³-hybridized carbons (Fsp3) is 0.600. The Morgan fingerprint density at radius 2 is 2.44 bits per heavy atom. The summed E-state index contributed by atoms with van der Waals surface area (Å²) < 4.78 is 1.48. The van der Waals surface area contributed by atoms with Gasteiger partial charge in [-0.3, -0.25) is 4.79 Å².